The lowest BCUT2D eigenvalue weighted by Crippen LogP contribution is -2.45. The molecule has 3 heterocycles. The molecule has 1 amide bonds. The molecule has 0 unspecified atom stereocenters. The predicted octanol–water partition coefficient (Wildman–Crippen LogP) is 4.68. The molecule has 1 aromatic carbocycles. The maximum absolute atomic E-state index is 13.5. The van der Waals surface area contributed by atoms with E-state index in [2.05, 4.69) is 16.3 Å². The minimum Gasteiger partial charge on any atom is -0.497 e. The summed E-state index contributed by atoms with van der Waals surface area (Å²) in [7, 11) is 1.61. The van der Waals surface area contributed by atoms with Crippen LogP contribution in [0.15, 0.2) is 52.2 Å². The average Bonchev–Trinajstić information content (AvgIpc) is 3.38. The van der Waals surface area contributed by atoms with E-state index in [-0.39, 0.29) is 17.4 Å². The van der Waals surface area contributed by atoms with Gasteiger partial charge in [-0.15, -0.1) is 11.3 Å². The molecule has 1 saturated heterocycles. The molecule has 0 bridgehead atoms. The van der Waals surface area contributed by atoms with Gasteiger partial charge in [0, 0.05) is 25.7 Å². The molecule has 8 heteroatoms. The van der Waals surface area contributed by atoms with Gasteiger partial charge in [0.2, 0.25) is 11.9 Å². The van der Waals surface area contributed by atoms with Gasteiger partial charge in [0.15, 0.2) is 0 Å². The van der Waals surface area contributed by atoms with Gasteiger partial charge in [-0.3, -0.25) is 9.59 Å². The number of hydrogen-bond donors (Lipinski definition) is 1. The van der Waals surface area contributed by atoms with Gasteiger partial charge < -0.3 is 15.0 Å². The number of nitrogens with zero attached hydrogens (tertiary/aromatic N) is 3. The monoisotopic (exact) mass is 492 g/mol. The molecule has 35 heavy (non-hydrogen) atoms. The lowest BCUT2D eigenvalue weighted by atomic mass is 9.96. The first kappa shape index (κ1) is 23.6. The van der Waals surface area contributed by atoms with Crippen molar-refractivity contribution in [2.45, 2.75) is 44.9 Å². The lowest BCUT2D eigenvalue weighted by Gasteiger charge is -2.34. The van der Waals surface area contributed by atoms with Gasteiger partial charge in [0.25, 0.3) is 5.56 Å². The third kappa shape index (κ3) is 5.12. The normalized spacial score (nSPS) is 18.4. The van der Waals surface area contributed by atoms with Crippen molar-refractivity contribution in [2.24, 2.45) is 5.92 Å². The summed E-state index contributed by atoms with van der Waals surface area (Å²) in [5.74, 6) is 1.23. The van der Waals surface area contributed by atoms with E-state index >= 15 is 0 Å². The van der Waals surface area contributed by atoms with Crippen molar-refractivity contribution in [3.8, 4) is 11.4 Å². The minimum absolute atomic E-state index is 0.0954. The third-order valence-corrected chi connectivity index (χ3v) is 7.87. The van der Waals surface area contributed by atoms with Crippen LogP contribution in [-0.2, 0) is 4.79 Å². The number of thiophene rings is 1. The van der Waals surface area contributed by atoms with Crippen LogP contribution in [0, 0.1) is 5.92 Å². The van der Waals surface area contributed by atoms with Gasteiger partial charge in [0.05, 0.1) is 24.2 Å². The van der Waals surface area contributed by atoms with Gasteiger partial charge in [-0.25, -0.2) is 9.55 Å². The Morgan fingerprint density at radius 1 is 1.26 bits per heavy atom. The second-order valence-electron chi connectivity index (χ2n) is 9.32. The average molecular weight is 493 g/mol. The molecule has 1 aliphatic heterocycles. The van der Waals surface area contributed by atoms with Crippen LogP contribution in [0.5, 0.6) is 5.75 Å². The van der Waals surface area contributed by atoms with E-state index in [1.807, 2.05) is 35.7 Å². The molecule has 2 aromatic heterocycles. The van der Waals surface area contributed by atoms with Crippen LogP contribution in [0.25, 0.3) is 15.9 Å². The Bertz CT molecular complexity index is 1300. The number of benzene rings is 1. The van der Waals surface area contributed by atoms with Crippen LogP contribution in [0.4, 0.5) is 5.95 Å². The number of carbonyl (C=O) groups excluding carboxylic acids is 1. The Kier molecular flexibility index (Phi) is 7.18. The Labute approximate surface area is 209 Å². The summed E-state index contributed by atoms with van der Waals surface area (Å²) >= 11 is 1.40. The van der Waals surface area contributed by atoms with Crippen molar-refractivity contribution in [1.82, 2.24) is 14.9 Å². The summed E-state index contributed by atoms with van der Waals surface area (Å²) in [4.78, 5) is 33.6. The van der Waals surface area contributed by atoms with E-state index in [1.165, 1.54) is 29.8 Å². The standard InChI is InChI=1S/C27H32N4O3S/c1-34-22-11-5-10-21(17-22)31-26(33)24-23(13-16-35-24)29-27(31)30-15-6-9-20(18-30)25(32)28-14-12-19-7-3-2-4-8-19/h5,7,10-11,13,16-17,20H,2-4,6,8-9,12,14-15,18H2,1H3,(H,28,32)/t20-/m0/s1. The number of anilines is 1. The largest absolute Gasteiger partial charge is 0.497 e. The summed E-state index contributed by atoms with van der Waals surface area (Å²) in [6.45, 7) is 1.98. The summed E-state index contributed by atoms with van der Waals surface area (Å²) in [6.07, 6.45) is 9.85. The van der Waals surface area contributed by atoms with E-state index in [0.717, 1.165) is 38.6 Å². The molecule has 3 aromatic rings. The summed E-state index contributed by atoms with van der Waals surface area (Å²) in [6, 6.07) is 9.35. The van der Waals surface area contributed by atoms with Crippen molar-refractivity contribution in [2.75, 3.05) is 31.6 Å². The number of allylic oxidation sites excluding steroid dienone is 1. The Hall–Kier alpha value is -3.13. The number of nitrogens with one attached hydrogen (secondary N) is 1. The summed E-state index contributed by atoms with van der Waals surface area (Å²) in [5, 5.41) is 5.06. The first-order chi connectivity index (χ1) is 17.1. The van der Waals surface area contributed by atoms with Crippen molar-refractivity contribution >= 4 is 33.4 Å². The number of rotatable bonds is 7. The highest BCUT2D eigenvalue weighted by atomic mass is 32.1. The van der Waals surface area contributed by atoms with E-state index in [9.17, 15) is 9.59 Å². The van der Waals surface area contributed by atoms with Crippen molar-refractivity contribution in [3.05, 3.63) is 57.7 Å². The highest BCUT2D eigenvalue weighted by Crippen LogP contribution is 2.28. The Morgan fingerprint density at radius 3 is 3.00 bits per heavy atom. The Balaban J connectivity index is 1.38. The molecule has 1 aliphatic carbocycles. The summed E-state index contributed by atoms with van der Waals surface area (Å²) < 4.78 is 7.69. The van der Waals surface area contributed by atoms with Crippen molar-refractivity contribution in [1.29, 1.82) is 0 Å². The quantitative estimate of drug-likeness (QED) is 0.485. The molecule has 2 aliphatic rings. The van der Waals surface area contributed by atoms with Crippen LogP contribution in [0.3, 0.4) is 0 Å². The van der Waals surface area contributed by atoms with Crippen LogP contribution in [-0.4, -0.2) is 42.2 Å². The number of methoxy groups -OCH3 is 1. The van der Waals surface area contributed by atoms with Gasteiger partial charge in [-0.05, 0) is 68.5 Å². The molecule has 0 saturated carbocycles. The zero-order valence-corrected chi connectivity index (χ0v) is 21.0. The van der Waals surface area contributed by atoms with E-state index in [0.29, 0.717) is 40.7 Å². The van der Waals surface area contributed by atoms with E-state index in [4.69, 9.17) is 9.72 Å². The molecular formula is C27H32N4O3S. The van der Waals surface area contributed by atoms with Crippen LogP contribution in [0.2, 0.25) is 0 Å². The Morgan fingerprint density at radius 2 is 2.17 bits per heavy atom. The fourth-order valence-electron chi connectivity index (χ4n) is 5.09. The minimum atomic E-state index is -0.127. The zero-order valence-electron chi connectivity index (χ0n) is 20.2. The second-order valence-corrected chi connectivity index (χ2v) is 10.2. The SMILES string of the molecule is COc1cccc(-n2c(N3CCC[C@H](C(=O)NCCC4=CCCCC4)C3)nc3ccsc3c2=O)c1. The van der Waals surface area contributed by atoms with Crippen LogP contribution >= 0.6 is 11.3 Å². The zero-order chi connectivity index (χ0) is 24.2. The number of hydrogen-bond acceptors (Lipinski definition) is 6. The van der Waals surface area contributed by atoms with Crippen LogP contribution < -0.4 is 20.5 Å². The number of ether oxygens (including phenoxy) is 1. The first-order valence-electron chi connectivity index (χ1n) is 12.5. The predicted molar refractivity (Wildman–Crippen MR) is 141 cm³/mol. The topological polar surface area (TPSA) is 76.5 Å². The summed E-state index contributed by atoms with van der Waals surface area (Å²) in [5.41, 5.74) is 2.78. The molecule has 1 N–H and O–H groups in total. The smallest absolute Gasteiger partial charge is 0.277 e. The van der Waals surface area contributed by atoms with Gasteiger partial charge in [0.1, 0.15) is 10.4 Å². The highest BCUT2D eigenvalue weighted by molar-refractivity contribution is 7.17. The van der Waals surface area contributed by atoms with Gasteiger partial charge >= 0.3 is 0 Å². The van der Waals surface area contributed by atoms with Crippen molar-refractivity contribution in [3.63, 3.8) is 0 Å². The number of carbonyl (C=O) groups is 1. The fourth-order valence-corrected chi connectivity index (χ4v) is 5.85. The van der Waals surface area contributed by atoms with Gasteiger partial charge in [-0.1, -0.05) is 17.7 Å². The molecular weight excluding hydrogens is 460 g/mol. The molecule has 0 spiro atoms. The molecule has 184 valence electrons. The molecule has 1 fully saturated rings. The number of fused-ring (bicyclic) bond motifs is 1. The third-order valence-electron chi connectivity index (χ3n) is 6.98. The number of amides is 1. The first-order valence-corrected chi connectivity index (χ1v) is 13.4. The highest BCUT2D eigenvalue weighted by Gasteiger charge is 2.29. The number of aromatic nitrogens is 2. The van der Waals surface area contributed by atoms with E-state index < -0.39 is 0 Å². The lowest BCUT2D eigenvalue weighted by molar-refractivity contribution is -0.125. The number of piperidine rings is 1. The maximum atomic E-state index is 13.5. The molecule has 5 rings (SSSR count). The molecule has 7 nitrogen and oxygen atoms in total. The second kappa shape index (κ2) is 10.6. The maximum Gasteiger partial charge on any atom is 0.277 e. The fraction of sp³-hybridized carbons (Fsp3) is 0.444. The van der Waals surface area contributed by atoms with Crippen LogP contribution in [0.1, 0.15) is 44.9 Å². The van der Waals surface area contributed by atoms with E-state index in [1.54, 1.807) is 11.7 Å². The van der Waals surface area contributed by atoms with Gasteiger partial charge in [-0.2, -0.15) is 0 Å². The molecule has 0 radical (unpaired) electrons. The molecule has 1 atom stereocenters. The van der Waals surface area contributed by atoms with Crippen molar-refractivity contribution < 1.29 is 9.53 Å².